The lowest BCUT2D eigenvalue weighted by Crippen LogP contribution is -2.53. The molecule has 0 bridgehead atoms. The first kappa shape index (κ1) is 16.8. The van der Waals surface area contributed by atoms with E-state index in [-0.39, 0.29) is 5.97 Å². The third kappa shape index (κ3) is 3.78. The molecule has 1 saturated carbocycles. The lowest BCUT2D eigenvalue weighted by Gasteiger charge is -2.39. The van der Waals surface area contributed by atoms with E-state index in [0.717, 1.165) is 32.2 Å². The molecule has 2 rings (SSSR count). The average molecular weight is 296 g/mol. The molecular weight excluding hydrogens is 264 g/mol. The Morgan fingerprint density at radius 2 is 2.14 bits per heavy atom. The first-order chi connectivity index (χ1) is 10.1. The van der Waals surface area contributed by atoms with Crippen molar-refractivity contribution in [2.45, 2.75) is 83.3 Å². The van der Waals surface area contributed by atoms with E-state index in [1.807, 2.05) is 6.92 Å². The van der Waals surface area contributed by atoms with E-state index in [0.29, 0.717) is 18.7 Å². The van der Waals surface area contributed by atoms with Crippen LogP contribution in [0.25, 0.3) is 0 Å². The molecule has 1 saturated heterocycles. The van der Waals surface area contributed by atoms with Crippen molar-refractivity contribution in [3.63, 3.8) is 0 Å². The van der Waals surface area contributed by atoms with Gasteiger partial charge in [-0.05, 0) is 65.5 Å². The topological polar surface area (TPSA) is 41.6 Å². The molecule has 3 unspecified atom stereocenters. The van der Waals surface area contributed by atoms with Crippen molar-refractivity contribution in [3.8, 4) is 0 Å². The quantitative estimate of drug-likeness (QED) is 0.765. The molecule has 122 valence electrons. The highest BCUT2D eigenvalue weighted by Gasteiger charge is 2.48. The third-order valence-electron chi connectivity index (χ3n) is 5.19. The molecule has 2 fully saturated rings. The summed E-state index contributed by atoms with van der Waals surface area (Å²) in [7, 11) is 0. The summed E-state index contributed by atoms with van der Waals surface area (Å²) in [6.45, 7) is 8.93. The van der Waals surface area contributed by atoms with Crippen molar-refractivity contribution in [1.29, 1.82) is 0 Å². The highest BCUT2D eigenvalue weighted by molar-refractivity contribution is 5.81. The number of rotatable bonds is 6. The van der Waals surface area contributed by atoms with Gasteiger partial charge in [-0.3, -0.25) is 9.69 Å². The van der Waals surface area contributed by atoms with Gasteiger partial charge in [0.25, 0.3) is 0 Å². The molecule has 3 atom stereocenters. The summed E-state index contributed by atoms with van der Waals surface area (Å²) in [6, 6.07) is 1.20. The van der Waals surface area contributed by atoms with Crippen LogP contribution < -0.4 is 5.32 Å². The van der Waals surface area contributed by atoms with E-state index in [1.165, 1.54) is 25.8 Å². The number of esters is 1. The maximum Gasteiger partial charge on any atom is 0.326 e. The van der Waals surface area contributed by atoms with Gasteiger partial charge in [-0.2, -0.15) is 0 Å². The number of hydrogen-bond donors (Lipinski definition) is 1. The van der Waals surface area contributed by atoms with Crippen LogP contribution in [0.1, 0.15) is 65.7 Å². The first-order valence-electron chi connectivity index (χ1n) is 8.81. The van der Waals surface area contributed by atoms with Gasteiger partial charge in [0.05, 0.1) is 6.61 Å². The molecule has 1 aliphatic carbocycles. The van der Waals surface area contributed by atoms with Crippen molar-refractivity contribution in [1.82, 2.24) is 10.2 Å². The van der Waals surface area contributed by atoms with Crippen LogP contribution in [-0.4, -0.2) is 48.2 Å². The van der Waals surface area contributed by atoms with Crippen LogP contribution >= 0.6 is 0 Å². The van der Waals surface area contributed by atoms with Crippen molar-refractivity contribution in [2.24, 2.45) is 0 Å². The number of nitrogens with zero attached hydrogens (tertiary/aromatic N) is 1. The highest BCUT2D eigenvalue weighted by Crippen LogP contribution is 2.36. The molecule has 0 spiro atoms. The van der Waals surface area contributed by atoms with Crippen LogP contribution in [0.3, 0.4) is 0 Å². The van der Waals surface area contributed by atoms with Crippen LogP contribution in [0.4, 0.5) is 0 Å². The monoisotopic (exact) mass is 296 g/mol. The summed E-state index contributed by atoms with van der Waals surface area (Å²) in [4.78, 5) is 15.1. The van der Waals surface area contributed by atoms with Gasteiger partial charge in [-0.15, -0.1) is 0 Å². The lowest BCUT2D eigenvalue weighted by molar-refractivity contribution is -0.151. The summed E-state index contributed by atoms with van der Waals surface area (Å²) in [6.07, 6.45) is 7.93. The van der Waals surface area contributed by atoms with E-state index < -0.39 is 5.54 Å². The Morgan fingerprint density at radius 3 is 2.81 bits per heavy atom. The van der Waals surface area contributed by atoms with Crippen LogP contribution in [0.5, 0.6) is 0 Å². The molecule has 0 aromatic carbocycles. The summed E-state index contributed by atoms with van der Waals surface area (Å²) in [5.41, 5.74) is -0.437. The molecule has 1 heterocycles. The van der Waals surface area contributed by atoms with Gasteiger partial charge >= 0.3 is 5.97 Å². The normalized spacial score (nSPS) is 34.0. The van der Waals surface area contributed by atoms with Crippen LogP contribution in [0.2, 0.25) is 0 Å². The number of carbonyl (C=O) groups excluding carboxylic acids is 1. The molecule has 4 heteroatoms. The number of likely N-dealkylation sites (tertiary alicyclic amines) is 1. The number of carbonyl (C=O) groups is 1. The van der Waals surface area contributed by atoms with Gasteiger partial charge in [-0.1, -0.05) is 13.3 Å². The fourth-order valence-electron chi connectivity index (χ4n) is 4.02. The van der Waals surface area contributed by atoms with Crippen LogP contribution in [-0.2, 0) is 9.53 Å². The lowest BCUT2D eigenvalue weighted by atomic mass is 9.95. The second-order valence-corrected chi connectivity index (χ2v) is 6.71. The third-order valence-corrected chi connectivity index (χ3v) is 5.19. The fourth-order valence-corrected chi connectivity index (χ4v) is 4.02. The Morgan fingerprint density at radius 1 is 1.33 bits per heavy atom. The van der Waals surface area contributed by atoms with Crippen molar-refractivity contribution in [2.75, 3.05) is 19.7 Å². The number of piperidine rings is 1. The van der Waals surface area contributed by atoms with Crippen molar-refractivity contribution < 1.29 is 9.53 Å². The summed E-state index contributed by atoms with van der Waals surface area (Å²) >= 11 is 0. The van der Waals surface area contributed by atoms with E-state index in [1.54, 1.807) is 0 Å². The van der Waals surface area contributed by atoms with Gasteiger partial charge in [0.1, 0.15) is 5.54 Å². The van der Waals surface area contributed by atoms with E-state index in [2.05, 4.69) is 24.1 Å². The predicted molar refractivity (Wildman–Crippen MR) is 85.3 cm³/mol. The van der Waals surface area contributed by atoms with Crippen molar-refractivity contribution >= 4 is 5.97 Å². The summed E-state index contributed by atoms with van der Waals surface area (Å²) in [5.74, 6) is -0.0365. The van der Waals surface area contributed by atoms with Gasteiger partial charge < -0.3 is 10.1 Å². The maximum atomic E-state index is 12.5. The molecular formula is C17H32N2O2. The molecule has 1 aliphatic heterocycles. The number of hydrogen-bond acceptors (Lipinski definition) is 4. The second-order valence-electron chi connectivity index (χ2n) is 6.71. The van der Waals surface area contributed by atoms with Crippen LogP contribution in [0, 0.1) is 0 Å². The van der Waals surface area contributed by atoms with Crippen LogP contribution in [0.15, 0.2) is 0 Å². The molecule has 2 aliphatic rings. The molecule has 21 heavy (non-hydrogen) atoms. The Kier molecular flexibility index (Phi) is 6.06. The molecule has 0 radical (unpaired) electrons. The van der Waals surface area contributed by atoms with E-state index in [9.17, 15) is 4.79 Å². The summed E-state index contributed by atoms with van der Waals surface area (Å²) < 4.78 is 5.37. The zero-order valence-electron chi connectivity index (χ0n) is 14.0. The van der Waals surface area contributed by atoms with Gasteiger partial charge in [0.15, 0.2) is 0 Å². The second kappa shape index (κ2) is 7.59. The van der Waals surface area contributed by atoms with Gasteiger partial charge in [0, 0.05) is 12.1 Å². The Hall–Kier alpha value is -0.610. The molecule has 0 amide bonds. The van der Waals surface area contributed by atoms with Crippen molar-refractivity contribution in [3.05, 3.63) is 0 Å². The zero-order chi connectivity index (χ0) is 15.3. The SMILES string of the molecule is CCCNC1(C(=O)OCC)CCC(N2CCCCC2C)C1. The van der Waals surface area contributed by atoms with Gasteiger partial charge in [-0.25, -0.2) is 0 Å². The maximum absolute atomic E-state index is 12.5. The smallest absolute Gasteiger partial charge is 0.326 e. The minimum absolute atomic E-state index is 0.0365. The van der Waals surface area contributed by atoms with E-state index in [4.69, 9.17) is 4.74 Å². The highest BCUT2D eigenvalue weighted by atomic mass is 16.5. The average Bonchev–Trinajstić information content (AvgIpc) is 2.91. The van der Waals surface area contributed by atoms with Gasteiger partial charge in [0.2, 0.25) is 0 Å². The fraction of sp³-hybridized carbons (Fsp3) is 0.941. The molecule has 0 aromatic rings. The predicted octanol–water partition coefficient (Wildman–Crippen LogP) is 2.71. The molecule has 4 nitrogen and oxygen atoms in total. The molecule has 1 N–H and O–H groups in total. The zero-order valence-corrected chi connectivity index (χ0v) is 14.0. The first-order valence-corrected chi connectivity index (χ1v) is 8.81. The number of ether oxygens (including phenoxy) is 1. The minimum atomic E-state index is -0.437. The Balaban J connectivity index is 2.04. The number of nitrogens with one attached hydrogen (secondary N) is 1. The largest absolute Gasteiger partial charge is 0.465 e. The van der Waals surface area contributed by atoms with E-state index >= 15 is 0 Å². The minimum Gasteiger partial charge on any atom is -0.465 e. The molecule has 0 aromatic heterocycles. The standard InChI is InChI=1S/C17H32N2O2/c1-4-11-18-17(16(20)21-5-2)10-9-15(13-17)19-12-7-6-8-14(19)3/h14-15,18H,4-13H2,1-3H3. The Labute approximate surface area is 129 Å². The summed E-state index contributed by atoms with van der Waals surface area (Å²) in [5, 5.41) is 3.51. The Bertz CT molecular complexity index is 348.